The maximum absolute atomic E-state index is 8.48. The summed E-state index contributed by atoms with van der Waals surface area (Å²) in [6.45, 7) is -5.56. The first-order valence-electron chi connectivity index (χ1n) is 3.86. The Labute approximate surface area is 48.6 Å². The molecule has 0 aliphatic carbocycles. The van der Waals surface area contributed by atoms with Gasteiger partial charge >= 0.3 is 0 Å². The molecule has 0 aliphatic heterocycles. The maximum Gasteiger partial charge on any atom is 0.0577 e. The van der Waals surface area contributed by atoms with Gasteiger partial charge in [-0.1, -0.05) is 0 Å². The van der Waals surface area contributed by atoms with E-state index in [4.69, 9.17) is 15.7 Å². The summed E-state index contributed by atoms with van der Waals surface area (Å²) in [5, 5.41) is 19.2. The van der Waals surface area contributed by atoms with Gasteiger partial charge in [0.15, 0.2) is 0 Å². The van der Waals surface area contributed by atoms with Crippen LogP contribution in [0.25, 0.3) is 0 Å². The zero-order valence-corrected chi connectivity index (χ0v) is 3.81. The highest BCUT2D eigenvalue weighted by Crippen LogP contribution is 1.54. The summed E-state index contributed by atoms with van der Waals surface area (Å²) in [6, 6.07) is 0. The second-order valence-electron chi connectivity index (χ2n) is 0.920. The number of hydrogen-bond donors (Lipinski definition) is 3. The lowest BCUT2D eigenvalue weighted by Crippen LogP contribution is -2.21. The van der Waals surface area contributed by atoms with Crippen molar-refractivity contribution in [3.05, 3.63) is 0 Å². The third-order valence-electron chi connectivity index (χ3n) is 0.408. The summed E-state index contributed by atoms with van der Waals surface area (Å²) in [7, 11) is 0. The fourth-order valence-corrected chi connectivity index (χ4v) is 0.174. The molecule has 0 aromatic heterocycles. The molecule has 0 saturated heterocycles. The van der Waals surface area contributed by atoms with E-state index in [2.05, 4.69) is 5.32 Å². The number of nitrogens with one attached hydrogen (secondary N) is 1. The Balaban J connectivity index is 3.44. The summed E-state index contributed by atoms with van der Waals surface area (Å²) in [4.78, 5) is 0. The van der Waals surface area contributed by atoms with Gasteiger partial charge in [0, 0.05) is 13.1 Å². The lowest BCUT2D eigenvalue weighted by molar-refractivity contribution is 0.267. The van der Waals surface area contributed by atoms with Crippen molar-refractivity contribution in [2.75, 3.05) is 26.2 Å². The van der Waals surface area contributed by atoms with Crippen LogP contribution >= 0.6 is 0 Å². The second kappa shape index (κ2) is 5.88. The molecule has 0 aromatic carbocycles. The van der Waals surface area contributed by atoms with Gasteiger partial charge in [-0.25, -0.2) is 0 Å². The highest BCUT2D eigenvalue weighted by Gasteiger charge is 1.78. The smallest absolute Gasteiger partial charge is 0.0577 e. The third-order valence-corrected chi connectivity index (χ3v) is 0.408. The Morgan fingerprint density at radius 2 is 1.71 bits per heavy atom. The van der Waals surface area contributed by atoms with Gasteiger partial charge in [0.05, 0.1) is 18.6 Å². The van der Waals surface area contributed by atoms with E-state index >= 15 is 0 Å². The molecule has 0 aliphatic rings. The summed E-state index contributed by atoms with van der Waals surface area (Å²) >= 11 is 0. The van der Waals surface area contributed by atoms with E-state index < -0.39 is 26.2 Å². The molecule has 0 rings (SSSR count). The molecule has 0 spiro atoms. The van der Waals surface area contributed by atoms with E-state index in [1.165, 1.54) is 0 Å². The van der Waals surface area contributed by atoms with Crippen LogP contribution in [-0.2, 0) is 0 Å². The van der Waals surface area contributed by atoms with Gasteiger partial charge < -0.3 is 15.5 Å². The maximum atomic E-state index is 8.48. The molecule has 44 valence electrons. The van der Waals surface area contributed by atoms with Crippen LogP contribution < -0.4 is 5.32 Å². The van der Waals surface area contributed by atoms with Gasteiger partial charge in [-0.3, -0.25) is 0 Å². The molecule has 0 aromatic rings. The zero-order valence-electron chi connectivity index (χ0n) is 7.81. The van der Waals surface area contributed by atoms with Crippen LogP contribution in [0.1, 0.15) is 5.48 Å². The van der Waals surface area contributed by atoms with Crippen molar-refractivity contribution < 1.29 is 15.7 Å². The van der Waals surface area contributed by atoms with E-state index in [0.717, 1.165) is 0 Å². The topological polar surface area (TPSA) is 52.5 Å². The molecule has 3 heteroatoms. The molecular formula is C4H11NO2. The van der Waals surface area contributed by atoms with Gasteiger partial charge in [0.25, 0.3) is 0 Å². The predicted molar refractivity (Wildman–Crippen MR) is 27.0 cm³/mol. The highest BCUT2D eigenvalue weighted by atomic mass is 16.3. The highest BCUT2D eigenvalue weighted by molar-refractivity contribution is 4.39. The van der Waals surface area contributed by atoms with Crippen LogP contribution in [0, 0.1) is 0 Å². The van der Waals surface area contributed by atoms with E-state index in [-0.39, 0.29) is 0 Å². The lowest BCUT2D eigenvalue weighted by Gasteiger charge is -1.94. The van der Waals surface area contributed by atoms with Gasteiger partial charge in [0.2, 0.25) is 0 Å². The monoisotopic (exact) mass is 109 g/mol. The van der Waals surface area contributed by atoms with E-state index in [1.54, 1.807) is 0 Å². The van der Waals surface area contributed by atoms with Crippen LogP contribution in [0.4, 0.5) is 0 Å². The van der Waals surface area contributed by atoms with Crippen molar-refractivity contribution in [1.29, 1.82) is 0 Å². The summed E-state index contributed by atoms with van der Waals surface area (Å²) in [5.41, 5.74) is 0. The minimum Gasteiger partial charge on any atom is -0.395 e. The first kappa shape index (κ1) is 2.44. The predicted octanol–water partition coefficient (Wildman–Crippen LogP) is -1.44. The number of hydrogen-bond acceptors (Lipinski definition) is 3. The van der Waals surface area contributed by atoms with Crippen molar-refractivity contribution in [3.63, 3.8) is 0 Å². The van der Waals surface area contributed by atoms with Crippen LogP contribution in [0.3, 0.4) is 0 Å². The quantitative estimate of drug-likeness (QED) is 0.414. The Morgan fingerprint density at radius 1 is 1.29 bits per heavy atom. The zero-order chi connectivity index (χ0) is 9.12. The standard InChI is InChI=1S/C4H11NO2/c6-3-1-5-2-4-7/h5-7H,1-4H2/i3D2,4D2. The summed E-state index contributed by atoms with van der Waals surface area (Å²) in [5.74, 6) is 0. The Morgan fingerprint density at radius 3 is 2.00 bits per heavy atom. The molecule has 0 saturated carbocycles. The molecule has 0 radical (unpaired) electrons. The second-order valence-corrected chi connectivity index (χ2v) is 0.920. The molecular weight excluding hydrogens is 94.0 g/mol. The molecule has 0 unspecified atom stereocenters. The average molecular weight is 109 g/mol. The van der Waals surface area contributed by atoms with Gasteiger partial charge in [-0.05, 0) is 0 Å². The number of aliphatic hydroxyl groups is 2. The molecule has 3 nitrogen and oxygen atoms in total. The van der Waals surface area contributed by atoms with E-state index in [1.807, 2.05) is 0 Å². The van der Waals surface area contributed by atoms with Crippen LogP contribution in [0.2, 0.25) is 0 Å². The molecule has 0 atom stereocenters. The molecule has 0 heterocycles. The van der Waals surface area contributed by atoms with Gasteiger partial charge in [-0.15, -0.1) is 0 Å². The van der Waals surface area contributed by atoms with Crippen molar-refractivity contribution in [2.45, 2.75) is 0 Å². The first-order chi connectivity index (χ1) is 4.71. The first-order valence-corrected chi connectivity index (χ1v) is 1.86. The van der Waals surface area contributed by atoms with Crippen LogP contribution in [-0.4, -0.2) is 36.4 Å². The molecule has 3 N–H and O–H groups in total. The summed E-state index contributed by atoms with van der Waals surface area (Å²) in [6.07, 6.45) is 0. The fraction of sp³-hybridized carbons (Fsp3) is 1.00. The fourth-order valence-electron chi connectivity index (χ4n) is 0.174. The molecule has 0 fully saturated rings. The number of rotatable bonds is 4. The lowest BCUT2D eigenvalue weighted by atomic mass is 10.6. The molecule has 7 heavy (non-hydrogen) atoms. The molecule has 0 bridgehead atoms. The minimum absolute atomic E-state index is 0.410. The van der Waals surface area contributed by atoms with Crippen molar-refractivity contribution in [1.82, 2.24) is 5.32 Å². The Kier molecular flexibility index (Phi) is 2.05. The van der Waals surface area contributed by atoms with E-state index in [9.17, 15) is 0 Å². The Bertz CT molecular complexity index is 104. The largest absolute Gasteiger partial charge is 0.395 e. The normalized spacial score (nSPS) is 22.0. The third kappa shape index (κ3) is 5.88. The Hall–Kier alpha value is -0.120. The van der Waals surface area contributed by atoms with Crippen molar-refractivity contribution >= 4 is 0 Å². The SMILES string of the molecule is [2H]C([2H])(O)CNCC([2H])([2H])O. The van der Waals surface area contributed by atoms with E-state index in [0.29, 0.717) is 0 Å². The van der Waals surface area contributed by atoms with Crippen molar-refractivity contribution in [2.24, 2.45) is 0 Å². The van der Waals surface area contributed by atoms with Crippen LogP contribution in [0.5, 0.6) is 0 Å². The van der Waals surface area contributed by atoms with Gasteiger partial charge in [-0.2, -0.15) is 0 Å². The van der Waals surface area contributed by atoms with Gasteiger partial charge in [0.1, 0.15) is 0 Å². The van der Waals surface area contributed by atoms with Crippen LogP contribution in [0.15, 0.2) is 0 Å². The molecule has 0 amide bonds. The summed E-state index contributed by atoms with van der Waals surface area (Å²) < 4.78 is 26.4. The minimum atomic E-state index is -2.37. The average Bonchev–Trinajstić information content (AvgIpc) is 1.55. The van der Waals surface area contributed by atoms with Crippen molar-refractivity contribution in [3.8, 4) is 0 Å².